The molecule has 3 N–H and O–H groups in total. The van der Waals surface area contributed by atoms with Crippen molar-refractivity contribution >= 4 is 17.6 Å². The van der Waals surface area contributed by atoms with Gasteiger partial charge >= 0.3 is 0 Å². The van der Waals surface area contributed by atoms with Crippen molar-refractivity contribution in [3.8, 4) is 22.9 Å². The first kappa shape index (κ1) is 20.8. The quantitative estimate of drug-likeness (QED) is 0.424. The highest BCUT2D eigenvalue weighted by atomic mass is 19.1. The van der Waals surface area contributed by atoms with Crippen LogP contribution in [-0.4, -0.2) is 36.7 Å². The molecule has 0 saturated heterocycles. The average Bonchev–Trinajstić information content (AvgIpc) is 3.45. The summed E-state index contributed by atoms with van der Waals surface area (Å²) in [4.78, 5) is 31.8. The van der Waals surface area contributed by atoms with Crippen LogP contribution in [0.15, 0.2) is 59.4 Å². The second-order valence-electron chi connectivity index (χ2n) is 6.93. The summed E-state index contributed by atoms with van der Waals surface area (Å²) in [5, 5.41) is 11.0. The topological polar surface area (TPSA) is 142 Å². The second-order valence-corrected chi connectivity index (χ2v) is 6.93. The Morgan fingerprint density at radius 2 is 2.03 bits per heavy atom. The zero-order valence-corrected chi connectivity index (χ0v) is 16.9. The van der Waals surface area contributed by atoms with Gasteiger partial charge in [-0.05, 0) is 25.1 Å². The molecule has 162 valence electrons. The number of amides is 2. The smallest absolute Gasteiger partial charge is 0.237 e. The van der Waals surface area contributed by atoms with E-state index in [-0.39, 0.29) is 24.0 Å². The van der Waals surface area contributed by atoms with Gasteiger partial charge in [0.05, 0.1) is 12.2 Å². The van der Waals surface area contributed by atoms with E-state index in [9.17, 15) is 14.0 Å². The molecule has 2 amide bonds. The summed E-state index contributed by atoms with van der Waals surface area (Å²) in [5.41, 5.74) is 7.05. The Kier molecular flexibility index (Phi) is 5.71. The van der Waals surface area contributed by atoms with Gasteiger partial charge < -0.3 is 15.6 Å². The van der Waals surface area contributed by atoms with E-state index in [1.165, 1.54) is 31.5 Å². The molecule has 0 saturated carbocycles. The number of carbonyl (C=O) groups excluding carboxylic acids is 2. The SMILES string of the molecule is CC(C(N)=O)C(=O)Nc1ccnc(-c2cc(-c3ccon3)n(Cc3ccccc3F)n2)n1. The molecule has 11 heteroatoms. The van der Waals surface area contributed by atoms with E-state index in [1.807, 2.05) is 0 Å². The molecule has 0 spiro atoms. The van der Waals surface area contributed by atoms with Gasteiger partial charge in [-0.1, -0.05) is 23.4 Å². The van der Waals surface area contributed by atoms with E-state index >= 15 is 0 Å². The first-order valence-electron chi connectivity index (χ1n) is 9.58. The molecule has 0 radical (unpaired) electrons. The lowest BCUT2D eigenvalue weighted by Gasteiger charge is -2.08. The summed E-state index contributed by atoms with van der Waals surface area (Å²) in [7, 11) is 0. The molecule has 4 aromatic rings. The number of primary amides is 1. The number of anilines is 1. The van der Waals surface area contributed by atoms with Crippen LogP contribution in [0.3, 0.4) is 0 Å². The highest BCUT2D eigenvalue weighted by Gasteiger charge is 2.20. The van der Waals surface area contributed by atoms with Crippen molar-refractivity contribution in [3.63, 3.8) is 0 Å². The summed E-state index contributed by atoms with van der Waals surface area (Å²) < 4.78 is 20.7. The van der Waals surface area contributed by atoms with Crippen molar-refractivity contribution in [2.24, 2.45) is 11.7 Å². The molecular formula is C21H18FN7O3. The third kappa shape index (κ3) is 4.36. The molecule has 0 aliphatic carbocycles. The van der Waals surface area contributed by atoms with Crippen LogP contribution in [0.2, 0.25) is 0 Å². The van der Waals surface area contributed by atoms with Gasteiger partial charge in [-0.2, -0.15) is 5.10 Å². The Labute approximate surface area is 181 Å². The summed E-state index contributed by atoms with van der Waals surface area (Å²) >= 11 is 0. The molecular weight excluding hydrogens is 417 g/mol. The predicted octanol–water partition coefficient (Wildman–Crippen LogP) is 2.24. The molecule has 10 nitrogen and oxygen atoms in total. The minimum atomic E-state index is -1.02. The van der Waals surface area contributed by atoms with Gasteiger partial charge in [0.1, 0.15) is 35.2 Å². The number of carbonyl (C=O) groups is 2. The van der Waals surface area contributed by atoms with Crippen LogP contribution < -0.4 is 11.1 Å². The van der Waals surface area contributed by atoms with E-state index in [0.717, 1.165) is 0 Å². The van der Waals surface area contributed by atoms with E-state index in [0.29, 0.717) is 22.6 Å². The Balaban J connectivity index is 1.68. The molecule has 1 aromatic carbocycles. The average molecular weight is 435 g/mol. The predicted molar refractivity (Wildman–Crippen MR) is 111 cm³/mol. The molecule has 0 bridgehead atoms. The number of halogens is 1. The summed E-state index contributed by atoms with van der Waals surface area (Å²) in [5.74, 6) is -2.32. The van der Waals surface area contributed by atoms with Crippen LogP contribution in [-0.2, 0) is 16.1 Å². The van der Waals surface area contributed by atoms with Gasteiger partial charge in [0.2, 0.25) is 11.8 Å². The largest absolute Gasteiger partial charge is 0.369 e. The maximum Gasteiger partial charge on any atom is 0.237 e. The third-order valence-electron chi connectivity index (χ3n) is 4.71. The number of hydrogen-bond donors (Lipinski definition) is 2. The van der Waals surface area contributed by atoms with Gasteiger partial charge in [0.25, 0.3) is 0 Å². The van der Waals surface area contributed by atoms with Gasteiger partial charge in [-0.3, -0.25) is 14.3 Å². The molecule has 0 fully saturated rings. The standard InChI is InChI=1S/C21H18FN7O3/c1-12(19(23)30)21(31)26-18-6-8-24-20(25-18)16-10-17(15-7-9-32-28-15)29(27-16)11-13-4-2-3-5-14(13)22/h2-10,12H,11H2,1H3,(H2,23,30)(H,24,25,26,31). The van der Waals surface area contributed by atoms with Crippen molar-refractivity contribution in [1.29, 1.82) is 0 Å². The lowest BCUT2D eigenvalue weighted by molar-refractivity contribution is -0.129. The molecule has 1 atom stereocenters. The Morgan fingerprint density at radius 3 is 2.75 bits per heavy atom. The summed E-state index contributed by atoms with van der Waals surface area (Å²) in [6.07, 6.45) is 2.86. The van der Waals surface area contributed by atoms with E-state index < -0.39 is 17.7 Å². The van der Waals surface area contributed by atoms with E-state index in [2.05, 4.69) is 25.5 Å². The maximum atomic E-state index is 14.2. The molecule has 0 aliphatic rings. The lowest BCUT2D eigenvalue weighted by atomic mass is 10.1. The van der Waals surface area contributed by atoms with Crippen LogP contribution in [0.4, 0.5) is 10.2 Å². The molecule has 3 aromatic heterocycles. The van der Waals surface area contributed by atoms with Gasteiger partial charge in [-0.15, -0.1) is 0 Å². The second kappa shape index (κ2) is 8.76. The first-order chi connectivity index (χ1) is 15.4. The number of nitrogens with one attached hydrogen (secondary N) is 1. The fourth-order valence-corrected chi connectivity index (χ4v) is 2.90. The van der Waals surface area contributed by atoms with E-state index in [4.69, 9.17) is 10.3 Å². The minimum Gasteiger partial charge on any atom is -0.369 e. The van der Waals surface area contributed by atoms with E-state index in [1.54, 1.807) is 35.0 Å². The fourth-order valence-electron chi connectivity index (χ4n) is 2.90. The summed E-state index contributed by atoms with van der Waals surface area (Å²) in [6, 6.07) is 11.2. The van der Waals surface area contributed by atoms with Crippen LogP contribution in [0.1, 0.15) is 12.5 Å². The van der Waals surface area contributed by atoms with Crippen LogP contribution in [0, 0.1) is 11.7 Å². The van der Waals surface area contributed by atoms with Crippen molar-refractivity contribution < 1.29 is 18.5 Å². The highest BCUT2D eigenvalue weighted by molar-refractivity contribution is 6.05. The number of aromatic nitrogens is 5. The molecule has 32 heavy (non-hydrogen) atoms. The normalized spacial score (nSPS) is 11.8. The molecule has 4 rings (SSSR count). The van der Waals surface area contributed by atoms with Crippen molar-refractivity contribution in [1.82, 2.24) is 24.9 Å². The van der Waals surface area contributed by atoms with Crippen molar-refractivity contribution in [2.75, 3.05) is 5.32 Å². The van der Waals surface area contributed by atoms with Gasteiger partial charge in [0.15, 0.2) is 5.82 Å². The minimum absolute atomic E-state index is 0.140. The number of benzene rings is 1. The number of hydrogen-bond acceptors (Lipinski definition) is 7. The van der Waals surface area contributed by atoms with Gasteiger partial charge in [0, 0.05) is 17.8 Å². The van der Waals surface area contributed by atoms with Crippen molar-refractivity contribution in [3.05, 3.63) is 66.3 Å². The third-order valence-corrected chi connectivity index (χ3v) is 4.71. The highest BCUT2D eigenvalue weighted by Crippen LogP contribution is 2.25. The van der Waals surface area contributed by atoms with Crippen LogP contribution >= 0.6 is 0 Å². The molecule has 1 unspecified atom stereocenters. The number of nitrogens with zero attached hydrogens (tertiary/aromatic N) is 5. The fraction of sp³-hybridized carbons (Fsp3) is 0.143. The molecule has 0 aliphatic heterocycles. The monoisotopic (exact) mass is 435 g/mol. The zero-order chi connectivity index (χ0) is 22.7. The van der Waals surface area contributed by atoms with Crippen LogP contribution in [0.25, 0.3) is 22.9 Å². The van der Waals surface area contributed by atoms with Gasteiger partial charge in [-0.25, -0.2) is 14.4 Å². The lowest BCUT2D eigenvalue weighted by Crippen LogP contribution is -2.32. The Bertz CT molecular complexity index is 1270. The summed E-state index contributed by atoms with van der Waals surface area (Å²) in [6.45, 7) is 1.54. The number of rotatable bonds is 7. The maximum absolute atomic E-state index is 14.2. The zero-order valence-electron chi connectivity index (χ0n) is 16.9. The first-order valence-corrected chi connectivity index (χ1v) is 9.58. The van der Waals surface area contributed by atoms with Crippen LogP contribution in [0.5, 0.6) is 0 Å². The number of nitrogens with two attached hydrogens (primary N) is 1. The Morgan fingerprint density at radius 1 is 1.22 bits per heavy atom. The molecule has 3 heterocycles. The van der Waals surface area contributed by atoms with Crippen molar-refractivity contribution in [2.45, 2.75) is 13.5 Å². The Hall–Kier alpha value is -4.41.